The molecular formula is C13H17N3O3S. The van der Waals surface area contributed by atoms with Crippen LogP contribution < -0.4 is 10.5 Å². The van der Waals surface area contributed by atoms with Crippen molar-refractivity contribution in [2.45, 2.75) is 32.2 Å². The third-order valence-corrected chi connectivity index (χ3v) is 4.45. The second kappa shape index (κ2) is 5.26. The normalized spacial score (nSPS) is 11.8. The molecule has 3 N–H and O–H groups in total. The molecule has 0 bridgehead atoms. The Kier molecular flexibility index (Phi) is 3.82. The summed E-state index contributed by atoms with van der Waals surface area (Å²) in [6.45, 7) is 5.42. The SMILES string of the molecule is Cc1cnc(CNS(=O)(=O)c2cc(C)c(C)c(N)c2)o1. The van der Waals surface area contributed by atoms with Crippen LogP contribution >= 0.6 is 0 Å². The molecule has 0 fully saturated rings. The summed E-state index contributed by atoms with van der Waals surface area (Å²) in [7, 11) is -3.64. The number of anilines is 1. The van der Waals surface area contributed by atoms with Gasteiger partial charge in [0.2, 0.25) is 15.9 Å². The first kappa shape index (κ1) is 14.5. The lowest BCUT2D eigenvalue weighted by Gasteiger charge is -2.10. The van der Waals surface area contributed by atoms with Crippen molar-refractivity contribution in [1.82, 2.24) is 9.71 Å². The molecule has 0 unspecified atom stereocenters. The van der Waals surface area contributed by atoms with Gasteiger partial charge in [0, 0.05) is 5.69 Å². The summed E-state index contributed by atoms with van der Waals surface area (Å²) in [5, 5.41) is 0. The maximum atomic E-state index is 12.2. The Bertz CT molecular complexity index is 712. The van der Waals surface area contributed by atoms with Crippen molar-refractivity contribution in [3.63, 3.8) is 0 Å². The highest BCUT2D eigenvalue weighted by Gasteiger charge is 2.17. The molecule has 0 aliphatic heterocycles. The monoisotopic (exact) mass is 295 g/mol. The quantitative estimate of drug-likeness (QED) is 0.836. The molecule has 2 rings (SSSR count). The van der Waals surface area contributed by atoms with Gasteiger partial charge in [-0.2, -0.15) is 0 Å². The number of oxazole rings is 1. The Labute approximate surface area is 118 Å². The summed E-state index contributed by atoms with van der Waals surface area (Å²) in [5.74, 6) is 0.956. The van der Waals surface area contributed by atoms with Crippen LogP contribution in [0.25, 0.3) is 0 Å². The molecule has 0 aliphatic carbocycles. The largest absolute Gasteiger partial charge is 0.445 e. The molecule has 0 amide bonds. The van der Waals surface area contributed by atoms with Crippen molar-refractivity contribution in [2.24, 2.45) is 0 Å². The van der Waals surface area contributed by atoms with E-state index in [1.807, 2.05) is 13.8 Å². The third-order valence-electron chi connectivity index (χ3n) is 3.07. The zero-order valence-corrected chi connectivity index (χ0v) is 12.4. The molecule has 0 saturated heterocycles. The van der Waals surface area contributed by atoms with Crippen LogP contribution in [-0.2, 0) is 16.6 Å². The molecule has 108 valence electrons. The number of benzene rings is 1. The van der Waals surface area contributed by atoms with Crippen LogP contribution in [0.4, 0.5) is 5.69 Å². The van der Waals surface area contributed by atoms with Crippen LogP contribution in [0.5, 0.6) is 0 Å². The molecular weight excluding hydrogens is 278 g/mol. The van der Waals surface area contributed by atoms with E-state index >= 15 is 0 Å². The lowest BCUT2D eigenvalue weighted by molar-refractivity contribution is 0.463. The van der Waals surface area contributed by atoms with Gasteiger partial charge in [0.15, 0.2) is 0 Å². The molecule has 2 aromatic rings. The van der Waals surface area contributed by atoms with E-state index in [4.69, 9.17) is 10.2 Å². The Morgan fingerprint density at radius 1 is 1.30 bits per heavy atom. The van der Waals surface area contributed by atoms with E-state index in [1.165, 1.54) is 12.3 Å². The van der Waals surface area contributed by atoms with E-state index in [2.05, 4.69) is 9.71 Å². The van der Waals surface area contributed by atoms with Gasteiger partial charge in [0.1, 0.15) is 5.76 Å². The van der Waals surface area contributed by atoms with Gasteiger partial charge in [-0.05, 0) is 44.0 Å². The fraction of sp³-hybridized carbons (Fsp3) is 0.308. The fourth-order valence-corrected chi connectivity index (χ4v) is 2.83. The van der Waals surface area contributed by atoms with Crippen LogP contribution in [0, 0.1) is 20.8 Å². The van der Waals surface area contributed by atoms with Gasteiger partial charge in [-0.15, -0.1) is 0 Å². The first-order chi connectivity index (χ1) is 9.29. The van der Waals surface area contributed by atoms with Crippen LogP contribution in [-0.4, -0.2) is 13.4 Å². The van der Waals surface area contributed by atoms with Crippen LogP contribution in [0.2, 0.25) is 0 Å². The first-order valence-electron chi connectivity index (χ1n) is 6.07. The number of hydrogen-bond acceptors (Lipinski definition) is 5. The molecule has 1 heterocycles. The maximum absolute atomic E-state index is 12.2. The molecule has 0 saturated carbocycles. The van der Waals surface area contributed by atoms with Gasteiger partial charge in [0.05, 0.1) is 17.6 Å². The molecule has 6 nitrogen and oxygen atoms in total. The molecule has 0 atom stereocenters. The lowest BCUT2D eigenvalue weighted by Crippen LogP contribution is -2.23. The Morgan fingerprint density at radius 2 is 2.00 bits per heavy atom. The molecule has 1 aromatic heterocycles. The van der Waals surface area contributed by atoms with E-state index < -0.39 is 10.0 Å². The Balaban J connectivity index is 2.22. The zero-order valence-electron chi connectivity index (χ0n) is 11.6. The number of nitrogen functional groups attached to an aromatic ring is 1. The van der Waals surface area contributed by atoms with E-state index in [0.29, 0.717) is 17.3 Å². The highest BCUT2D eigenvalue weighted by atomic mass is 32.2. The number of sulfonamides is 1. The highest BCUT2D eigenvalue weighted by molar-refractivity contribution is 7.89. The van der Waals surface area contributed by atoms with Crippen molar-refractivity contribution in [3.8, 4) is 0 Å². The van der Waals surface area contributed by atoms with Crippen LogP contribution in [0.3, 0.4) is 0 Å². The van der Waals surface area contributed by atoms with Crippen molar-refractivity contribution < 1.29 is 12.8 Å². The first-order valence-corrected chi connectivity index (χ1v) is 7.55. The van der Waals surface area contributed by atoms with E-state index in [1.54, 1.807) is 13.0 Å². The number of nitrogens with zero attached hydrogens (tertiary/aromatic N) is 1. The van der Waals surface area contributed by atoms with E-state index in [0.717, 1.165) is 11.1 Å². The van der Waals surface area contributed by atoms with Crippen LogP contribution in [0.1, 0.15) is 22.8 Å². The number of nitrogens with one attached hydrogen (secondary N) is 1. The predicted octanol–water partition coefficient (Wildman–Crippen LogP) is 1.66. The number of rotatable bonds is 4. The molecule has 20 heavy (non-hydrogen) atoms. The summed E-state index contributed by atoms with van der Waals surface area (Å²) >= 11 is 0. The summed E-state index contributed by atoms with van der Waals surface area (Å²) in [6.07, 6.45) is 1.54. The number of nitrogens with two attached hydrogens (primary N) is 1. The number of hydrogen-bond donors (Lipinski definition) is 2. The van der Waals surface area contributed by atoms with Gasteiger partial charge in [0.25, 0.3) is 0 Å². The molecule has 0 spiro atoms. The molecule has 1 aromatic carbocycles. The lowest BCUT2D eigenvalue weighted by atomic mass is 10.1. The minimum Gasteiger partial charge on any atom is -0.445 e. The van der Waals surface area contributed by atoms with Crippen molar-refractivity contribution in [2.75, 3.05) is 5.73 Å². The second-order valence-electron chi connectivity index (χ2n) is 4.64. The van der Waals surface area contributed by atoms with Crippen molar-refractivity contribution in [1.29, 1.82) is 0 Å². The average Bonchev–Trinajstić information content (AvgIpc) is 2.79. The molecule has 0 aliphatic rings. The van der Waals surface area contributed by atoms with Crippen molar-refractivity contribution in [3.05, 3.63) is 41.1 Å². The summed E-state index contributed by atoms with van der Waals surface area (Å²) in [4.78, 5) is 4.08. The Hall–Kier alpha value is -1.86. The van der Waals surface area contributed by atoms with Crippen LogP contribution in [0.15, 0.2) is 27.6 Å². The molecule has 7 heteroatoms. The minimum atomic E-state index is -3.64. The third kappa shape index (κ3) is 3.00. The van der Waals surface area contributed by atoms with Gasteiger partial charge in [-0.3, -0.25) is 0 Å². The molecule has 0 radical (unpaired) electrons. The van der Waals surface area contributed by atoms with E-state index in [9.17, 15) is 8.42 Å². The summed E-state index contributed by atoms with van der Waals surface area (Å²) in [5.41, 5.74) is 7.97. The second-order valence-corrected chi connectivity index (χ2v) is 6.41. The van der Waals surface area contributed by atoms with Crippen molar-refractivity contribution >= 4 is 15.7 Å². The van der Waals surface area contributed by atoms with E-state index in [-0.39, 0.29) is 11.4 Å². The standard InChI is InChI=1S/C13H17N3O3S/c1-8-4-11(5-12(14)10(8)3)20(17,18)16-7-13-15-6-9(2)19-13/h4-6,16H,7,14H2,1-3H3. The van der Waals surface area contributed by atoms with Gasteiger partial charge in [-0.1, -0.05) is 0 Å². The van der Waals surface area contributed by atoms with Gasteiger partial charge in [-0.25, -0.2) is 18.1 Å². The van der Waals surface area contributed by atoms with Gasteiger partial charge < -0.3 is 10.2 Å². The van der Waals surface area contributed by atoms with Gasteiger partial charge >= 0.3 is 0 Å². The fourth-order valence-electron chi connectivity index (χ4n) is 1.73. The summed E-state index contributed by atoms with van der Waals surface area (Å²) < 4.78 is 32.0. The highest BCUT2D eigenvalue weighted by Crippen LogP contribution is 2.21. The topological polar surface area (TPSA) is 98.2 Å². The average molecular weight is 295 g/mol. The summed E-state index contributed by atoms with van der Waals surface area (Å²) in [6, 6.07) is 3.04. The Morgan fingerprint density at radius 3 is 2.55 bits per heavy atom. The number of aromatic nitrogens is 1. The maximum Gasteiger partial charge on any atom is 0.241 e. The smallest absolute Gasteiger partial charge is 0.241 e. The zero-order chi connectivity index (χ0) is 14.9. The minimum absolute atomic E-state index is 0.00298. The predicted molar refractivity (Wildman–Crippen MR) is 75.6 cm³/mol. The number of aryl methyl sites for hydroxylation is 2.